The molecule has 2 aromatic heterocycles. The van der Waals surface area contributed by atoms with Crippen molar-refractivity contribution in [1.82, 2.24) is 14.7 Å². The SMILES string of the molecule is C=CCN1c2c(nc(Cl)c3cc[nH]c23)CNS1(=O)=O. The molecule has 0 saturated carbocycles. The molecule has 6 nitrogen and oxygen atoms in total. The van der Waals surface area contributed by atoms with Crippen molar-refractivity contribution in [3.05, 3.63) is 35.8 Å². The van der Waals surface area contributed by atoms with Gasteiger partial charge in [-0.2, -0.15) is 13.1 Å². The van der Waals surface area contributed by atoms with Crippen LogP contribution in [0.4, 0.5) is 5.69 Å². The molecule has 0 atom stereocenters. The zero-order chi connectivity index (χ0) is 13.6. The van der Waals surface area contributed by atoms with Gasteiger partial charge in [-0.25, -0.2) is 9.29 Å². The fourth-order valence-electron chi connectivity index (χ4n) is 2.17. The molecule has 0 aromatic carbocycles. The second kappa shape index (κ2) is 4.22. The van der Waals surface area contributed by atoms with Crippen LogP contribution in [-0.2, 0) is 16.8 Å². The zero-order valence-corrected chi connectivity index (χ0v) is 11.4. The van der Waals surface area contributed by atoms with E-state index in [1.54, 1.807) is 12.3 Å². The number of nitrogens with one attached hydrogen (secondary N) is 2. The van der Waals surface area contributed by atoms with E-state index in [9.17, 15) is 8.42 Å². The van der Waals surface area contributed by atoms with Crippen LogP contribution in [0.25, 0.3) is 10.9 Å². The number of pyridine rings is 1. The van der Waals surface area contributed by atoms with Crippen LogP contribution in [0, 0.1) is 0 Å². The third-order valence-electron chi connectivity index (χ3n) is 2.97. The van der Waals surface area contributed by atoms with E-state index in [1.807, 2.05) is 0 Å². The van der Waals surface area contributed by atoms with Crippen LogP contribution in [0.3, 0.4) is 0 Å². The van der Waals surface area contributed by atoms with Crippen molar-refractivity contribution in [2.24, 2.45) is 0 Å². The molecule has 2 N–H and O–H groups in total. The summed E-state index contributed by atoms with van der Waals surface area (Å²) in [7, 11) is -3.57. The number of fused-ring (bicyclic) bond motifs is 3. The second-order valence-electron chi connectivity index (χ2n) is 4.11. The summed E-state index contributed by atoms with van der Waals surface area (Å²) in [5.74, 6) is 0. The molecule has 1 aliphatic heterocycles. The summed E-state index contributed by atoms with van der Waals surface area (Å²) in [5, 5.41) is 1.06. The van der Waals surface area contributed by atoms with Gasteiger partial charge >= 0.3 is 10.2 Å². The Hall–Kier alpha value is -1.57. The molecule has 100 valence electrons. The molecule has 19 heavy (non-hydrogen) atoms. The van der Waals surface area contributed by atoms with Gasteiger partial charge in [0.05, 0.1) is 24.3 Å². The molecule has 3 rings (SSSR count). The Morgan fingerprint density at radius 2 is 2.37 bits per heavy atom. The topological polar surface area (TPSA) is 78.1 Å². The summed E-state index contributed by atoms with van der Waals surface area (Å²) in [5.41, 5.74) is 1.79. The van der Waals surface area contributed by atoms with Crippen molar-refractivity contribution < 1.29 is 8.42 Å². The molecule has 0 aliphatic carbocycles. The Bertz CT molecular complexity index is 768. The fraction of sp³-hybridized carbons (Fsp3) is 0.182. The Kier molecular flexibility index (Phi) is 2.77. The Morgan fingerprint density at radius 3 is 3.11 bits per heavy atom. The van der Waals surface area contributed by atoms with E-state index in [1.165, 1.54) is 10.4 Å². The van der Waals surface area contributed by atoms with Gasteiger partial charge in [-0.1, -0.05) is 17.7 Å². The van der Waals surface area contributed by atoms with Crippen LogP contribution < -0.4 is 9.03 Å². The molecular formula is C11H11ClN4O2S. The number of halogens is 1. The summed E-state index contributed by atoms with van der Waals surface area (Å²) in [6.07, 6.45) is 3.23. The minimum absolute atomic E-state index is 0.125. The molecule has 0 spiro atoms. The maximum absolute atomic E-state index is 12.1. The minimum Gasteiger partial charge on any atom is -0.359 e. The average Bonchev–Trinajstić information content (AvgIpc) is 2.83. The van der Waals surface area contributed by atoms with Crippen LogP contribution in [0.1, 0.15) is 5.69 Å². The Labute approximate surface area is 115 Å². The lowest BCUT2D eigenvalue weighted by molar-refractivity contribution is 0.572. The number of nitrogens with zero attached hydrogens (tertiary/aromatic N) is 2. The summed E-state index contributed by atoms with van der Waals surface area (Å²) in [4.78, 5) is 7.28. The number of aromatic nitrogens is 2. The minimum atomic E-state index is -3.57. The summed E-state index contributed by atoms with van der Waals surface area (Å²) < 4.78 is 27.8. The van der Waals surface area contributed by atoms with E-state index < -0.39 is 10.2 Å². The highest BCUT2D eigenvalue weighted by molar-refractivity contribution is 7.91. The zero-order valence-electron chi connectivity index (χ0n) is 9.85. The van der Waals surface area contributed by atoms with Crippen LogP contribution in [0.5, 0.6) is 0 Å². The normalized spacial score (nSPS) is 17.4. The Balaban J connectivity index is 2.36. The van der Waals surface area contributed by atoms with Crippen molar-refractivity contribution in [3.8, 4) is 0 Å². The highest BCUT2D eigenvalue weighted by atomic mass is 35.5. The van der Waals surface area contributed by atoms with Gasteiger partial charge in [0.1, 0.15) is 10.8 Å². The molecule has 8 heteroatoms. The van der Waals surface area contributed by atoms with E-state index in [0.29, 0.717) is 27.4 Å². The number of rotatable bonds is 2. The lowest BCUT2D eigenvalue weighted by Gasteiger charge is -2.30. The number of hydrogen-bond acceptors (Lipinski definition) is 3. The lowest BCUT2D eigenvalue weighted by Crippen LogP contribution is -2.45. The van der Waals surface area contributed by atoms with Crippen molar-refractivity contribution >= 4 is 38.4 Å². The van der Waals surface area contributed by atoms with Crippen molar-refractivity contribution in [2.45, 2.75) is 6.54 Å². The van der Waals surface area contributed by atoms with Gasteiger partial charge in [0.2, 0.25) is 0 Å². The monoisotopic (exact) mass is 298 g/mol. The first kappa shape index (κ1) is 12.5. The summed E-state index contributed by atoms with van der Waals surface area (Å²) in [6.45, 7) is 3.88. The first-order chi connectivity index (χ1) is 9.04. The Morgan fingerprint density at radius 1 is 1.58 bits per heavy atom. The number of anilines is 1. The van der Waals surface area contributed by atoms with Gasteiger partial charge in [-0.05, 0) is 6.07 Å². The molecule has 2 aromatic rings. The third kappa shape index (κ3) is 1.81. The molecule has 0 unspecified atom stereocenters. The predicted molar refractivity (Wildman–Crippen MR) is 74.4 cm³/mol. The van der Waals surface area contributed by atoms with E-state index in [0.717, 1.165) is 0 Å². The number of hydrogen-bond donors (Lipinski definition) is 2. The molecule has 0 amide bonds. The van der Waals surface area contributed by atoms with Crippen LogP contribution in [0.2, 0.25) is 5.15 Å². The standard InChI is InChI=1S/C11H11ClN4O2S/c1-2-5-16-10-8(6-14-19(16,17)18)15-11(12)7-3-4-13-9(7)10/h2-4,13-14H,1,5-6H2. The number of aromatic amines is 1. The first-order valence-corrected chi connectivity index (χ1v) is 7.40. The van der Waals surface area contributed by atoms with Gasteiger partial charge in [0.15, 0.2) is 0 Å². The van der Waals surface area contributed by atoms with Gasteiger partial charge in [0.25, 0.3) is 0 Å². The molecular weight excluding hydrogens is 288 g/mol. The molecule has 0 radical (unpaired) electrons. The number of H-pyrrole nitrogens is 1. The van der Waals surface area contributed by atoms with E-state index in [2.05, 4.69) is 21.3 Å². The van der Waals surface area contributed by atoms with Crippen LogP contribution in [-0.4, -0.2) is 24.9 Å². The summed E-state index contributed by atoms with van der Waals surface area (Å²) in [6, 6.07) is 1.77. The van der Waals surface area contributed by atoms with Crippen molar-refractivity contribution in [3.63, 3.8) is 0 Å². The van der Waals surface area contributed by atoms with E-state index >= 15 is 0 Å². The smallest absolute Gasteiger partial charge is 0.302 e. The van der Waals surface area contributed by atoms with Gasteiger partial charge < -0.3 is 4.98 Å². The van der Waals surface area contributed by atoms with E-state index in [4.69, 9.17) is 11.6 Å². The van der Waals surface area contributed by atoms with Gasteiger partial charge in [-0.15, -0.1) is 6.58 Å². The highest BCUT2D eigenvalue weighted by Gasteiger charge is 2.32. The van der Waals surface area contributed by atoms with Gasteiger partial charge in [0, 0.05) is 11.6 Å². The van der Waals surface area contributed by atoms with Crippen LogP contribution in [0.15, 0.2) is 24.9 Å². The van der Waals surface area contributed by atoms with Gasteiger partial charge in [-0.3, -0.25) is 0 Å². The maximum atomic E-state index is 12.1. The molecule has 1 aliphatic rings. The summed E-state index contributed by atoms with van der Waals surface area (Å²) >= 11 is 6.08. The van der Waals surface area contributed by atoms with Crippen molar-refractivity contribution in [2.75, 3.05) is 10.8 Å². The predicted octanol–water partition coefficient (Wildman–Crippen LogP) is 1.56. The average molecular weight is 299 g/mol. The molecule has 0 fully saturated rings. The lowest BCUT2D eigenvalue weighted by atomic mass is 10.2. The maximum Gasteiger partial charge on any atom is 0.302 e. The fourth-order valence-corrected chi connectivity index (χ4v) is 3.64. The third-order valence-corrected chi connectivity index (χ3v) is 4.68. The largest absolute Gasteiger partial charge is 0.359 e. The molecule has 0 saturated heterocycles. The molecule has 3 heterocycles. The molecule has 0 bridgehead atoms. The quantitative estimate of drug-likeness (QED) is 0.652. The second-order valence-corrected chi connectivity index (χ2v) is 6.15. The highest BCUT2D eigenvalue weighted by Crippen LogP contribution is 2.35. The van der Waals surface area contributed by atoms with Crippen molar-refractivity contribution in [1.29, 1.82) is 0 Å². The van der Waals surface area contributed by atoms with E-state index in [-0.39, 0.29) is 13.1 Å². The first-order valence-electron chi connectivity index (χ1n) is 5.58. The van der Waals surface area contributed by atoms with Crippen LogP contribution >= 0.6 is 11.6 Å².